The lowest BCUT2D eigenvalue weighted by Gasteiger charge is -2.11. The smallest absolute Gasteiger partial charge is 0.438 e. The van der Waals surface area contributed by atoms with Gasteiger partial charge in [0.1, 0.15) is 12.4 Å². The number of carbonyl (C=O) groups is 2. The standard InChI is InChI=1S/C16H20O4/c1-12(11-20-16(18)19-3)10-15-7-5-4-6-14(15)9-8-13(2)17/h4-7H,1,8-11H2,2-3H3. The Bertz CT molecular complexity index is 491. The Morgan fingerprint density at radius 3 is 2.45 bits per heavy atom. The Hall–Kier alpha value is -2.10. The molecule has 0 saturated heterocycles. The van der Waals surface area contributed by atoms with Crippen molar-refractivity contribution in [2.75, 3.05) is 13.7 Å². The number of Topliss-reactive ketones (excluding diaryl/α,β-unsaturated/α-hetero) is 1. The molecule has 108 valence electrons. The van der Waals surface area contributed by atoms with E-state index in [1.165, 1.54) is 7.11 Å². The molecule has 0 atom stereocenters. The van der Waals surface area contributed by atoms with Gasteiger partial charge in [0.05, 0.1) is 7.11 Å². The summed E-state index contributed by atoms with van der Waals surface area (Å²) in [6.07, 6.45) is 1.15. The first-order valence-electron chi connectivity index (χ1n) is 6.46. The van der Waals surface area contributed by atoms with Gasteiger partial charge in [0.15, 0.2) is 0 Å². The minimum atomic E-state index is -0.712. The van der Waals surface area contributed by atoms with E-state index in [0.29, 0.717) is 12.8 Å². The Kier molecular flexibility index (Phi) is 6.50. The lowest BCUT2D eigenvalue weighted by Crippen LogP contribution is -2.09. The first-order valence-corrected chi connectivity index (χ1v) is 6.46. The summed E-state index contributed by atoms with van der Waals surface area (Å²) in [4.78, 5) is 22.0. The predicted octanol–water partition coefficient (Wildman–Crippen LogP) is 3.09. The van der Waals surface area contributed by atoms with Gasteiger partial charge < -0.3 is 14.3 Å². The maximum Gasteiger partial charge on any atom is 0.508 e. The van der Waals surface area contributed by atoms with Crippen molar-refractivity contribution in [2.45, 2.75) is 26.2 Å². The number of hydrogen-bond donors (Lipinski definition) is 0. The number of ether oxygens (including phenoxy) is 2. The fraction of sp³-hybridized carbons (Fsp3) is 0.375. The summed E-state index contributed by atoms with van der Waals surface area (Å²) in [5, 5.41) is 0. The van der Waals surface area contributed by atoms with E-state index in [0.717, 1.165) is 23.1 Å². The summed E-state index contributed by atoms with van der Waals surface area (Å²) in [6.45, 7) is 5.61. The summed E-state index contributed by atoms with van der Waals surface area (Å²) in [5.74, 6) is 0.174. The molecule has 0 aliphatic carbocycles. The Morgan fingerprint density at radius 2 is 1.85 bits per heavy atom. The van der Waals surface area contributed by atoms with Crippen molar-refractivity contribution in [1.29, 1.82) is 0 Å². The molecule has 0 amide bonds. The normalized spacial score (nSPS) is 9.90. The van der Waals surface area contributed by atoms with E-state index in [4.69, 9.17) is 4.74 Å². The molecule has 0 bridgehead atoms. The van der Waals surface area contributed by atoms with E-state index in [-0.39, 0.29) is 12.4 Å². The molecule has 0 unspecified atom stereocenters. The quantitative estimate of drug-likeness (QED) is 0.567. The van der Waals surface area contributed by atoms with Crippen molar-refractivity contribution in [3.8, 4) is 0 Å². The number of carbonyl (C=O) groups excluding carboxylic acids is 2. The predicted molar refractivity (Wildman–Crippen MR) is 76.6 cm³/mol. The second-order valence-corrected chi connectivity index (χ2v) is 4.64. The largest absolute Gasteiger partial charge is 0.508 e. The topological polar surface area (TPSA) is 52.6 Å². The minimum Gasteiger partial charge on any atom is -0.438 e. The Labute approximate surface area is 119 Å². The molecule has 0 fully saturated rings. The zero-order chi connectivity index (χ0) is 15.0. The van der Waals surface area contributed by atoms with Crippen LogP contribution in [-0.4, -0.2) is 25.7 Å². The molecular formula is C16H20O4. The second kappa shape index (κ2) is 8.15. The Morgan fingerprint density at radius 1 is 1.20 bits per heavy atom. The van der Waals surface area contributed by atoms with Crippen molar-refractivity contribution in [3.63, 3.8) is 0 Å². The highest BCUT2D eigenvalue weighted by Crippen LogP contribution is 2.15. The third-order valence-electron chi connectivity index (χ3n) is 2.87. The van der Waals surface area contributed by atoms with Crippen molar-refractivity contribution in [1.82, 2.24) is 0 Å². The summed E-state index contributed by atoms with van der Waals surface area (Å²) < 4.78 is 9.25. The zero-order valence-corrected chi connectivity index (χ0v) is 12.0. The molecule has 0 spiro atoms. The zero-order valence-electron chi connectivity index (χ0n) is 12.0. The molecule has 0 aliphatic rings. The average molecular weight is 276 g/mol. The molecule has 0 saturated carbocycles. The van der Waals surface area contributed by atoms with Gasteiger partial charge in [-0.05, 0) is 36.5 Å². The molecule has 4 nitrogen and oxygen atoms in total. The van der Waals surface area contributed by atoms with Gasteiger partial charge in [-0.2, -0.15) is 0 Å². The maximum absolute atomic E-state index is 11.1. The van der Waals surface area contributed by atoms with E-state index < -0.39 is 6.16 Å². The van der Waals surface area contributed by atoms with E-state index in [2.05, 4.69) is 11.3 Å². The van der Waals surface area contributed by atoms with Crippen molar-refractivity contribution < 1.29 is 19.1 Å². The molecule has 0 radical (unpaired) electrons. The van der Waals surface area contributed by atoms with Crippen LogP contribution in [0.5, 0.6) is 0 Å². The van der Waals surface area contributed by atoms with Gasteiger partial charge in [-0.25, -0.2) is 4.79 Å². The van der Waals surface area contributed by atoms with Crippen LogP contribution < -0.4 is 0 Å². The number of aryl methyl sites for hydroxylation is 1. The van der Waals surface area contributed by atoms with Crippen LogP contribution in [0, 0.1) is 0 Å². The van der Waals surface area contributed by atoms with Gasteiger partial charge in [-0.1, -0.05) is 30.8 Å². The maximum atomic E-state index is 11.1. The average Bonchev–Trinajstić information content (AvgIpc) is 2.43. The third-order valence-corrected chi connectivity index (χ3v) is 2.87. The van der Waals surface area contributed by atoms with Gasteiger partial charge in [0.25, 0.3) is 0 Å². The van der Waals surface area contributed by atoms with Crippen LogP contribution >= 0.6 is 0 Å². The molecule has 1 aromatic carbocycles. The lowest BCUT2D eigenvalue weighted by molar-refractivity contribution is -0.116. The van der Waals surface area contributed by atoms with Crippen LogP contribution in [0.25, 0.3) is 0 Å². The van der Waals surface area contributed by atoms with Crippen LogP contribution in [0.3, 0.4) is 0 Å². The summed E-state index contributed by atoms with van der Waals surface area (Å²) >= 11 is 0. The number of ketones is 1. The number of methoxy groups -OCH3 is 1. The molecule has 1 aromatic rings. The fourth-order valence-electron chi connectivity index (χ4n) is 1.82. The van der Waals surface area contributed by atoms with E-state index in [9.17, 15) is 9.59 Å². The van der Waals surface area contributed by atoms with Crippen molar-refractivity contribution in [3.05, 3.63) is 47.5 Å². The molecule has 0 heterocycles. The molecule has 0 N–H and O–H groups in total. The molecule has 1 rings (SSSR count). The third kappa shape index (κ3) is 5.69. The van der Waals surface area contributed by atoms with E-state index >= 15 is 0 Å². The lowest BCUT2D eigenvalue weighted by atomic mass is 9.97. The van der Waals surface area contributed by atoms with Crippen LogP contribution in [0.4, 0.5) is 4.79 Å². The van der Waals surface area contributed by atoms with Gasteiger partial charge in [-0.3, -0.25) is 0 Å². The minimum absolute atomic E-state index is 0.133. The monoisotopic (exact) mass is 276 g/mol. The van der Waals surface area contributed by atoms with Gasteiger partial charge >= 0.3 is 6.16 Å². The molecule has 0 aliphatic heterocycles. The van der Waals surface area contributed by atoms with Crippen LogP contribution in [0.15, 0.2) is 36.4 Å². The van der Waals surface area contributed by atoms with Crippen molar-refractivity contribution in [2.24, 2.45) is 0 Å². The molecule has 20 heavy (non-hydrogen) atoms. The summed E-state index contributed by atoms with van der Waals surface area (Å²) in [6, 6.07) is 7.90. The fourth-order valence-corrected chi connectivity index (χ4v) is 1.82. The first kappa shape index (κ1) is 16.0. The SMILES string of the molecule is C=C(COC(=O)OC)Cc1ccccc1CCC(C)=O. The highest BCUT2D eigenvalue weighted by Gasteiger charge is 2.07. The Balaban J connectivity index is 2.60. The van der Waals surface area contributed by atoms with E-state index in [1.54, 1.807) is 6.92 Å². The summed E-state index contributed by atoms with van der Waals surface area (Å²) in [5.41, 5.74) is 3.01. The van der Waals surface area contributed by atoms with Gasteiger partial charge in [0, 0.05) is 6.42 Å². The number of rotatable bonds is 7. The van der Waals surface area contributed by atoms with Crippen LogP contribution in [0.2, 0.25) is 0 Å². The number of hydrogen-bond acceptors (Lipinski definition) is 4. The second-order valence-electron chi connectivity index (χ2n) is 4.64. The summed E-state index contributed by atoms with van der Waals surface area (Å²) in [7, 11) is 1.27. The van der Waals surface area contributed by atoms with Gasteiger partial charge in [-0.15, -0.1) is 0 Å². The first-order chi connectivity index (χ1) is 9.52. The molecular weight excluding hydrogens is 256 g/mol. The molecule has 4 heteroatoms. The van der Waals surface area contributed by atoms with Crippen molar-refractivity contribution >= 4 is 11.9 Å². The molecule has 0 aromatic heterocycles. The van der Waals surface area contributed by atoms with E-state index in [1.807, 2.05) is 24.3 Å². The highest BCUT2D eigenvalue weighted by atomic mass is 16.7. The van der Waals surface area contributed by atoms with Gasteiger partial charge in [0.2, 0.25) is 0 Å². The number of benzene rings is 1. The highest BCUT2D eigenvalue weighted by molar-refractivity contribution is 5.75. The van der Waals surface area contributed by atoms with Crippen LogP contribution in [-0.2, 0) is 27.1 Å². The van der Waals surface area contributed by atoms with Crippen LogP contribution in [0.1, 0.15) is 24.5 Å².